The zero-order chi connectivity index (χ0) is 8.85. The van der Waals surface area contributed by atoms with Gasteiger partial charge >= 0.3 is 0 Å². The molecule has 0 unspecified atom stereocenters. The van der Waals surface area contributed by atoms with Crippen LogP contribution < -0.4 is 11.1 Å². The summed E-state index contributed by atoms with van der Waals surface area (Å²) in [6.07, 6.45) is 0. The minimum absolute atomic E-state index is 0.117. The summed E-state index contributed by atoms with van der Waals surface area (Å²) < 4.78 is 0. The van der Waals surface area contributed by atoms with Gasteiger partial charge in [-0.1, -0.05) is 13.8 Å². The van der Waals surface area contributed by atoms with Crippen molar-refractivity contribution < 1.29 is 5.11 Å². The number of hydrogen-bond acceptors (Lipinski definition) is 3. The van der Waals surface area contributed by atoms with Crippen molar-refractivity contribution in [3.63, 3.8) is 0 Å². The lowest BCUT2D eigenvalue weighted by molar-refractivity contribution is 0.296. The van der Waals surface area contributed by atoms with Crippen LogP contribution in [0.2, 0.25) is 0 Å². The molecule has 0 aliphatic rings. The van der Waals surface area contributed by atoms with Crippen LogP contribution in [0.15, 0.2) is 11.4 Å². The molecule has 0 rings (SSSR count). The second kappa shape index (κ2) is 5.02. The normalized spacial score (nSPS) is 13.2. The minimum atomic E-state index is 0.117. The summed E-state index contributed by atoms with van der Waals surface area (Å²) in [5.74, 6) is 1.15. The van der Waals surface area contributed by atoms with Gasteiger partial charge in [0.2, 0.25) is 0 Å². The molecule has 0 aromatic carbocycles. The molecule has 0 atom stereocenters. The Labute approximate surface area is 68.3 Å². The van der Waals surface area contributed by atoms with Gasteiger partial charge in [-0.15, -0.1) is 0 Å². The van der Waals surface area contributed by atoms with Crippen LogP contribution in [0.1, 0.15) is 20.8 Å². The average Bonchev–Trinajstić information content (AvgIpc) is 1.98. The first-order valence-corrected chi connectivity index (χ1v) is 3.90. The van der Waals surface area contributed by atoms with Crippen molar-refractivity contribution >= 4 is 0 Å². The lowest BCUT2D eigenvalue weighted by Crippen LogP contribution is -2.25. The maximum Gasteiger partial charge on any atom is 0.0952 e. The molecule has 0 amide bonds. The summed E-state index contributed by atoms with van der Waals surface area (Å²) >= 11 is 0. The zero-order valence-corrected chi connectivity index (χ0v) is 7.52. The molecular formula is C8H18N2O. The Morgan fingerprint density at radius 2 is 2.09 bits per heavy atom. The predicted molar refractivity (Wildman–Crippen MR) is 46.8 cm³/mol. The van der Waals surface area contributed by atoms with Crippen molar-refractivity contribution in [2.75, 3.05) is 13.2 Å². The molecule has 0 aliphatic heterocycles. The number of aliphatic hydroxyl groups is 1. The Morgan fingerprint density at radius 3 is 2.45 bits per heavy atom. The van der Waals surface area contributed by atoms with Crippen LogP contribution in [0.5, 0.6) is 0 Å². The average molecular weight is 158 g/mol. The Kier molecular flexibility index (Phi) is 4.70. The fourth-order valence-electron chi connectivity index (χ4n) is 0.641. The highest BCUT2D eigenvalue weighted by molar-refractivity contribution is 5.08. The summed E-state index contributed by atoms with van der Waals surface area (Å²) in [5.41, 5.74) is 6.80. The number of nitrogens with one attached hydrogen (secondary N) is 1. The Bertz CT molecular complexity index is 141. The first-order valence-electron chi connectivity index (χ1n) is 3.90. The topological polar surface area (TPSA) is 58.3 Å². The Hall–Kier alpha value is -0.700. The van der Waals surface area contributed by atoms with Gasteiger partial charge in [0.1, 0.15) is 0 Å². The molecule has 0 saturated carbocycles. The van der Waals surface area contributed by atoms with Crippen LogP contribution in [0, 0.1) is 5.92 Å². The molecule has 0 heterocycles. The second-order valence-corrected chi connectivity index (χ2v) is 2.90. The van der Waals surface area contributed by atoms with Gasteiger partial charge in [-0.3, -0.25) is 0 Å². The molecular weight excluding hydrogens is 140 g/mol. The van der Waals surface area contributed by atoms with Gasteiger partial charge in [0.05, 0.1) is 12.4 Å². The summed E-state index contributed by atoms with van der Waals surface area (Å²) in [6, 6.07) is 0. The largest absolute Gasteiger partial charge is 0.395 e. The monoisotopic (exact) mass is 158 g/mol. The van der Waals surface area contributed by atoms with E-state index in [9.17, 15) is 0 Å². The van der Waals surface area contributed by atoms with E-state index < -0.39 is 0 Å². The van der Waals surface area contributed by atoms with Crippen LogP contribution >= 0.6 is 0 Å². The highest BCUT2D eigenvalue weighted by atomic mass is 16.3. The van der Waals surface area contributed by atoms with Crippen molar-refractivity contribution in [3.05, 3.63) is 11.4 Å². The summed E-state index contributed by atoms with van der Waals surface area (Å²) in [4.78, 5) is 0. The van der Waals surface area contributed by atoms with Gasteiger partial charge in [-0.25, -0.2) is 0 Å². The SMILES string of the molecule is CC(=C(N)NCCO)C(C)C. The van der Waals surface area contributed by atoms with E-state index in [1.807, 2.05) is 6.92 Å². The maximum atomic E-state index is 8.49. The van der Waals surface area contributed by atoms with Gasteiger partial charge in [0, 0.05) is 6.54 Å². The number of allylic oxidation sites excluding steroid dienone is 1. The quantitative estimate of drug-likeness (QED) is 0.555. The third-order valence-corrected chi connectivity index (χ3v) is 1.72. The van der Waals surface area contributed by atoms with Gasteiger partial charge < -0.3 is 16.2 Å². The van der Waals surface area contributed by atoms with Crippen molar-refractivity contribution in [3.8, 4) is 0 Å². The molecule has 3 nitrogen and oxygen atoms in total. The highest BCUT2D eigenvalue weighted by Crippen LogP contribution is 2.08. The summed E-state index contributed by atoms with van der Waals surface area (Å²) in [7, 11) is 0. The van der Waals surface area contributed by atoms with E-state index in [0.717, 1.165) is 5.57 Å². The molecule has 3 heteroatoms. The molecule has 0 radical (unpaired) electrons. The predicted octanol–water partition coefficient (Wildman–Crippen LogP) is 0.414. The van der Waals surface area contributed by atoms with Crippen LogP contribution in [0.4, 0.5) is 0 Å². The van der Waals surface area contributed by atoms with Crippen LogP contribution in [0.25, 0.3) is 0 Å². The van der Waals surface area contributed by atoms with Crippen LogP contribution in [0.3, 0.4) is 0 Å². The van der Waals surface area contributed by atoms with Crippen LogP contribution in [-0.4, -0.2) is 18.3 Å². The van der Waals surface area contributed by atoms with Crippen molar-refractivity contribution in [1.29, 1.82) is 0 Å². The van der Waals surface area contributed by atoms with E-state index in [-0.39, 0.29) is 6.61 Å². The molecule has 0 aromatic rings. The fourth-order valence-corrected chi connectivity index (χ4v) is 0.641. The Balaban J connectivity index is 3.94. The maximum absolute atomic E-state index is 8.49. The molecule has 0 aliphatic carbocycles. The third-order valence-electron chi connectivity index (χ3n) is 1.72. The molecule has 0 fully saturated rings. The van der Waals surface area contributed by atoms with Crippen molar-refractivity contribution in [2.24, 2.45) is 11.7 Å². The van der Waals surface area contributed by atoms with E-state index >= 15 is 0 Å². The Morgan fingerprint density at radius 1 is 1.55 bits per heavy atom. The first kappa shape index (κ1) is 10.3. The van der Waals surface area contributed by atoms with Gasteiger partial charge in [0.25, 0.3) is 0 Å². The van der Waals surface area contributed by atoms with Crippen molar-refractivity contribution in [2.45, 2.75) is 20.8 Å². The summed E-state index contributed by atoms with van der Waals surface area (Å²) in [5, 5.41) is 11.4. The number of hydrogen-bond donors (Lipinski definition) is 3. The zero-order valence-electron chi connectivity index (χ0n) is 7.52. The molecule has 4 N–H and O–H groups in total. The lowest BCUT2D eigenvalue weighted by atomic mass is 10.1. The van der Waals surface area contributed by atoms with E-state index in [2.05, 4.69) is 19.2 Å². The fraction of sp³-hybridized carbons (Fsp3) is 0.750. The van der Waals surface area contributed by atoms with E-state index in [1.165, 1.54) is 0 Å². The second-order valence-electron chi connectivity index (χ2n) is 2.90. The number of aliphatic hydroxyl groups excluding tert-OH is 1. The lowest BCUT2D eigenvalue weighted by Gasteiger charge is -2.11. The number of rotatable bonds is 4. The third kappa shape index (κ3) is 3.88. The van der Waals surface area contributed by atoms with E-state index in [0.29, 0.717) is 18.3 Å². The molecule has 0 saturated heterocycles. The van der Waals surface area contributed by atoms with Gasteiger partial charge in [-0.05, 0) is 18.4 Å². The number of nitrogens with two attached hydrogens (primary N) is 1. The first-order chi connectivity index (χ1) is 5.09. The van der Waals surface area contributed by atoms with Gasteiger partial charge in [0.15, 0.2) is 0 Å². The highest BCUT2D eigenvalue weighted by Gasteiger charge is 2.00. The van der Waals surface area contributed by atoms with Crippen LogP contribution in [-0.2, 0) is 0 Å². The van der Waals surface area contributed by atoms with E-state index in [1.54, 1.807) is 0 Å². The summed E-state index contributed by atoms with van der Waals surface area (Å²) in [6.45, 7) is 6.80. The minimum Gasteiger partial charge on any atom is -0.395 e. The molecule has 0 bridgehead atoms. The van der Waals surface area contributed by atoms with Gasteiger partial charge in [-0.2, -0.15) is 0 Å². The molecule has 0 spiro atoms. The smallest absolute Gasteiger partial charge is 0.0952 e. The van der Waals surface area contributed by atoms with E-state index in [4.69, 9.17) is 10.8 Å². The molecule has 0 aromatic heterocycles. The molecule has 66 valence electrons. The van der Waals surface area contributed by atoms with Crippen molar-refractivity contribution in [1.82, 2.24) is 5.32 Å². The molecule has 11 heavy (non-hydrogen) atoms. The standard InChI is InChI=1S/C8H18N2O/c1-6(2)7(3)8(9)10-4-5-11/h6,10-11H,4-5,9H2,1-3H3.